The van der Waals surface area contributed by atoms with E-state index in [9.17, 15) is 4.79 Å². The van der Waals surface area contributed by atoms with Crippen LogP contribution in [-0.4, -0.2) is 23.5 Å². The van der Waals surface area contributed by atoms with Crippen LogP contribution in [0.1, 0.15) is 42.3 Å². The molecule has 1 amide bonds. The Bertz CT molecular complexity index is 476. The van der Waals surface area contributed by atoms with E-state index in [0.29, 0.717) is 22.2 Å². The number of carbonyl (C=O) groups is 1. The average Bonchev–Trinajstić information content (AvgIpc) is 3.22. The Morgan fingerprint density at radius 2 is 2.28 bits per heavy atom. The van der Waals surface area contributed by atoms with Crippen LogP contribution in [-0.2, 0) is 0 Å². The summed E-state index contributed by atoms with van der Waals surface area (Å²) in [5, 5.41) is 6.97. The van der Waals surface area contributed by atoms with E-state index in [-0.39, 0.29) is 5.91 Å². The third-order valence-electron chi connectivity index (χ3n) is 3.54. The van der Waals surface area contributed by atoms with Gasteiger partial charge in [0.1, 0.15) is 10.7 Å². The summed E-state index contributed by atoms with van der Waals surface area (Å²) in [5.74, 6) is 0.239. The van der Waals surface area contributed by atoms with E-state index in [1.54, 1.807) is 0 Å². The largest absolute Gasteiger partial charge is 0.382 e. The number of nitrogens with two attached hydrogens (primary N) is 1. The first-order valence-electron chi connectivity index (χ1n) is 6.37. The van der Waals surface area contributed by atoms with Gasteiger partial charge in [0.25, 0.3) is 5.91 Å². The molecular formula is C12H18N4OS. The van der Waals surface area contributed by atoms with Crippen LogP contribution in [0.25, 0.3) is 0 Å². The number of hydrogen-bond acceptors (Lipinski definition) is 5. The summed E-state index contributed by atoms with van der Waals surface area (Å²) < 4.78 is 0. The van der Waals surface area contributed by atoms with Crippen molar-refractivity contribution in [2.75, 3.05) is 17.6 Å². The third-order valence-corrected chi connectivity index (χ3v) is 4.54. The minimum absolute atomic E-state index is 0.0954. The van der Waals surface area contributed by atoms with Gasteiger partial charge in [0.15, 0.2) is 5.13 Å². The summed E-state index contributed by atoms with van der Waals surface area (Å²) in [6.45, 7) is 2.91. The first-order valence-corrected chi connectivity index (χ1v) is 7.18. The van der Waals surface area contributed by atoms with Crippen molar-refractivity contribution < 1.29 is 4.79 Å². The highest BCUT2D eigenvalue weighted by Gasteiger charge is 2.37. The molecule has 0 unspecified atom stereocenters. The molecule has 6 heteroatoms. The molecule has 0 aliphatic heterocycles. The van der Waals surface area contributed by atoms with E-state index in [4.69, 9.17) is 5.73 Å². The molecule has 0 saturated heterocycles. The lowest BCUT2D eigenvalue weighted by Gasteiger charge is -2.08. The first kappa shape index (κ1) is 11.8. The van der Waals surface area contributed by atoms with Crippen molar-refractivity contribution in [2.24, 2.45) is 5.41 Å². The minimum Gasteiger partial charge on any atom is -0.382 e. The Hall–Kier alpha value is -1.30. The van der Waals surface area contributed by atoms with Crippen LogP contribution in [0.5, 0.6) is 0 Å². The standard InChI is InChI=1S/C12H18N4OS/c1-12(4-5-12)6-14-10(17)8-9(13)16-11(18-8)15-7-2-3-7/h7H,2-6,13H2,1H3,(H,14,17)(H,15,16). The Morgan fingerprint density at radius 3 is 2.89 bits per heavy atom. The molecule has 4 N–H and O–H groups in total. The second kappa shape index (κ2) is 4.12. The van der Waals surface area contributed by atoms with E-state index < -0.39 is 0 Å². The number of amides is 1. The summed E-state index contributed by atoms with van der Waals surface area (Å²) in [7, 11) is 0. The highest BCUT2D eigenvalue weighted by atomic mass is 32.1. The Morgan fingerprint density at radius 1 is 1.56 bits per heavy atom. The van der Waals surface area contributed by atoms with Gasteiger partial charge in [-0.05, 0) is 31.1 Å². The SMILES string of the molecule is CC1(CNC(=O)c2sc(NC3CC3)nc2N)CC1. The fourth-order valence-electron chi connectivity index (χ4n) is 1.72. The van der Waals surface area contributed by atoms with Crippen LogP contribution in [0.4, 0.5) is 10.9 Å². The van der Waals surface area contributed by atoms with Crippen LogP contribution >= 0.6 is 11.3 Å². The zero-order chi connectivity index (χ0) is 12.8. The maximum Gasteiger partial charge on any atom is 0.265 e. The molecule has 2 fully saturated rings. The van der Waals surface area contributed by atoms with E-state index in [2.05, 4.69) is 22.5 Å². The summed E-state index contributed by atoms with van der Waals surface area (Å²) in [5.41, 5.74) is 6.10. The quantitative estimate of drug-likeness (QED) is 0.759. The second-order valence-corrected chi connectivity index (χ2v) is 6.64. The van der Waals surface area contributed by atoms with Crippen molar-refractivity contribution >= 4 is 28.2 Å². The summed E-state index contributed by atoms with van der Waals surface area (Å²) in [6.07, 6.45) is 4.75. The molecule has 0 radical (unpaired) electrons. The smallest absolute Gasteiger partial charge is 0.265 e. The van der Waals surface area contributed by atoms with Crippen molar-refractivity contribution in [3.8, 4) is 0 Å². The number of nitrogens with one attached hydrogen (secondary N) is 2. The molecule has 0 spiro atoms. The molecular weight excluding hydrogens is 248 g/mol. The third kappa shape index (κ3) is 2.58. The summed E-state index contributed by atoms with van der Waals surface area (Å²) >= 11 is 1.35. The van der Waals surface area contributed by atoms with Gasteiger partial charge >= 0.3 is 0 Å². The lowest BCUT2D eigenvalue weighted by Crippen LogP contribution is -2.28. The van der Waals surface area contributed by atoms with E-state index in [1.165, 1.54) is 37.0 Å². The van der Waals surface area contributed by atoms with Crippen LogP contribution in [0.15, 0.2) is 0 Å². The lowest BCUT2D eigenvalue weighted by atomic mass is 10.1. The number of thiazole rings is 1. The highest BCUT2D eigenvalue weighted by molar-refractivity contribution is 7.18. The molecule has 98 valence electrons. The first-order chi connectivity index (χ1) is 8.56. The van der Waals surface area contributed by atoms with Gasteiger partial charge in [-0.15, -0.1) is 0 Å². The van der Waals surface area contributed by atoms with E-state index in [1.807, 2.05) is 0 Å². The number of anilines is 2. The zero-order valence-electron chi connectivity index (χ0n) is 10.5. The predicted octanol–water partition coefficient (Wildman–Crippen LogP) is 1.83. The molecule has 2 saturated carbocycles. The van der Waals surface area contributed by atoms with E-state index >= 15 is 0 Å². The van der Waals surface area contributed by atoms with Crippen LogP contribution in [0.2, 0.25) is 0 Å². The maximum atomic E-state index is 12.0. The van der Waals surface area contributed by atoms with Crippen molar-refractivity contribution in [3.63, 3.8) is 0 Å². The molecule has 0 bridgehead atoms. The molecule has 3 rings (SSSR count). The van der Waals surface area contributed by atoms with E-state index in [0.717, 1.165) is 11.7 Å². The molecule has 1 aromatic heterocycles. The number of hydrogen-bond donors (Lipinski definition) is 3. The van der Waals surface area contributed by atoms with Gasteiger partial charge in [-0.2, -0.15) is 0 Å². The average molecular weight is 266 g/mol. The summed E-state index contributed by atoms with van der Waals surface area (Å²) in [6, 6.07) is 0.525. The fraction of sp³-hybridized carbons (Fsp3) is 0.667. The summed E-state index contributed by atoms with van der Waals surface area (Å²) in [4.78, 5) is 16.7. The van der Waals surface area contributed by atoms with Gasteiger partial charge in [-0.25, -0.2) is 4.98 Å². The molecule has 5 nitrogen and oxygen atoms in total. The Labute approximate surface area is 110 Å². The number of aromatic nitrogens is 1. The zero-order valence-corrected chi connectivity index (χ0v) is 11.3. The van der Waals surface area contributed by atoms with Crippen molar-refractivity contribution in [1.29, 1.82) is 0 Å². The highest BCUT2D eigenvalue weighted by Crippen LogP contribution is 2.44. The van der Waals surface area contributed by atoms with Gasteiger partial charge in [-0.3, -0.25) is 4.79 Å². The predicted molar refractivity (Wildman–Crippen MR) is 72.8 cm³/mol. The Kier molecular flexibility index (Phi) is 2.69. The normalized spacial score (nSPS) is 20.5. The molecule has 1 aromatic rings. The van der Waals surface area contributed by atoms with Crippen molar-refractivity contribution in [1.82, 2.24) is 10.3 Å². The Balaban J connectivity index is 1.62. The van der Waals surface area contributed by atoms with Gasteiger partial charge in [0, 0.05) is 12.6 Å². The van der Waals surface area contributed by atoms with Gasteiger partial charge in [-0.1, -0.05) is 18.3 Å². The number of nitrogen functional groups attached to an aromatic ring is 1. The second-order valence-electron chi connectivity index (χ2n) is 5.65. The maximum absolute atomic E-state index is 12.0. The van der Waals surface area contributed by atoms with Gasteiger partial charge < -0.3 is 16.4 Å². The van der Waals surface area contributed by atoms with Gasteiger partial charge in [0.2, 0.25) is 0 Å². The lowest BCUT2D eigenvalue weighted by molar-refractivity contribution is 0.0951. The van der Waals surface area contributed by atoms with Gasteiger partial charge in [0.05, 0.1) is 0 Å². The number of rotatable bonds is 5. The molecule has 2 aliphatic carbocycles. The molecule has 2 aliphatic rings. The fourth-order valence-corrected chi connectivity index (χ4v) is 2.60. The molecule has 18 heavy (non-hydrogen) atoms. The van der Waals surface area contributed by atoms with Crippen LogP contribution in [0.3, 0.4) is 0 Å². The van der Waals surface area contributed by atoms with Crippen molar-refractivity contribution in [3.05, 3.63) is 4.88 Å². The topological polar surface area (TPSA) is 80.0 Å². The molecule has 0 atom stereocenters. The van der Waals surface area contributed by atoms with Crippen LogP contribution in [0, 0.1) is 5.41 Å². The molecule has 0 aromatic carbocycles. The minimum atomic E-state index is -0.0954. The number of nitrogens with zero attached hydrogens (tertiary/aromatic N) is 1. The monoisotopic (exact) mass is 266 g/mol. The molecule has 1 heterocycles. The number of carbonyl (C=O) groups excluding carboxylic acids is 1. The van der Waals surface area contributed by atoms with Crippen molar-refractivity contribution in [2.45, 2.75) is 38.6 Å². The van der Waals surface area contributed by atoms with Crippen LogP contribution < -0.4 is 16.4 Å².